The summed E-state index contributed by atoms with van der Waals surface area (Å²) < 4.78 is 15.9. The third-order valence-electron chi connectivity index (χ3n) is 5.95. The summed E-state index contributed by atoms with van der Waals surface area (Å²) in [5, 5.41) is 3.63. The summed E-state index contributed by atoms with van der Waals surface area (Å²) in [6.45, 7) is 1.43. The molecule has 11 nitrogen and oxygen atoms in total. The molecule has 0 spiro atoms. The van der Waals surface area contributed by atoms with Gasteiger partial charge in [-0.25, -0.2) is 4.79 Å². The number of rotatable bonds is 8. The maximum atomic E-state index is 13.3. The molecule has 0 saturated carbocycles. The van der Waals surface area contributed by atoms with E-state index < -0.39 is 59.9 Å². The van der Waals surface area contributed by atoms with Crippen LogP contribution in [0.25, 0.3) is 10.8 Å². The fourth-order valence-electron chi connectivity index (χ4n) is 4.13. The number of benzene rings is 2. The fourth-order valence-corrected chi connectivity index (χ4v) is 5.20. The lowest BCUT2D eigenvalue weighted by Crippen LogP contribution is -2.51. The average Bonchev–Trinajstić information content (AvgIpc) is 3.13. The van der Waals surface area contributed by atoms with E-state index in [1.165, 1.54) is 0 Å². The van der Waals surface area contributed by atoms with E-state index in [1.54, 1.807) is 25.1 Å². The topological polar surface area (TPSA) is 154 Å². The summed E-state index contributed by atoms with van der Waals surface area (Å²) in [6.07, 6.45) is -2.23. The number of primary amides is 1. The molecule has 2 aromatic rings. The molecule has 2 fully saturated rings. The molecule has 3 amide bonds. The van der Waals surface area contributed by atoms with Gasteiger partial charge in [0.1, 0.15) is 11.3 Å². The molecule has 0 radical (unpaired) electrons. The molecule has 0 bridgehead atoms. The van der Waals surface area contributed by atoms with Crippen molar-refractivity contribution in [3.63, 3.8) is 0 Å². The normalized spacial score (nSPS) is 23.9. The highest BCUT2D eigenvalue weighted by Crippen LogP contribution is 2.23. The first-order valence-electron chi connectivity index (χ1n) is 11.7. The number of carbonyl (C=O) groups is 5. The monoisotopic (exact) mass is 529 g/mol. The number of ether oxygens (including phenoxy) is 3. The molecule has 2 heterocycles. The highest BCUT2D eigenvalue weighted by Gasteiger charge is 2.39. The van der Waals surface area contributed by atoms with E-state index in [2.05, 4.69) is 5.32 Å². The number of nitrogens with one attached hydrogen (secondary N) is 1. The van der Waals surface area contributed by atoms with E-state index in [0.29, 0.717) is 0 Å². The molecule has 12 heteroatoms. The van der Waals surface area contributed by atoms with Crippen LogP contribution in [0.5, 0.6) is 0 Å². The summed E-state index contributed by atoms with van der Waals surface area (Å²) >= 11 is 1.08. The van der Waals surface area contributed by atoms with E-state index in [0.717, 1.165) is 27.4 Å². The first-order valence-corrected chi connectivity index (χ1v) is 12.8. The van der Waals surface area contributed by atoms with Crippen molar-refractivity contribution >= 4 is 52.2 Å². The van der Waals surface area contributed by atoms with Gasteiger partial charge in [-0.2, -0.15) is 0 Å². The lowest BCUT2D eigenvalue weighted by Gasteiger charge is -2.26. The number of thioether (sulfide) groups is 1. The van der Waals surface area contributed by atoms with E-state index >= 15 is 0 Å². The fraction of sp³-hybridized carbons (Fsp3) is 0.400. The van der Waals surface area contributed by atoms with Gasteiger partial charge in [0.15, 0.2) is 6.10 Å². The predicted molar refractivity (Wildman–Crippen MR) is 133 cm³/mol. The Hall–Kier alpha value is -3.64. The van der Waals surface area contributed by atoms with Crippen LogP contribution in [-0.4, -0.2) is 83.7 Å². The highest BCUT2D eigenvalue weighted by molar-refractivity contribution is 8.00. The second kappa shape index (κ2) is 11.6. The molecule has 2 aromatic carbocycles. The molecule has 4 unspecified atom stereocenters. The number of nitrogens with two attached hydrogens (primary N) is 1. The predicted octanol–water partition coefficient (Wildman–Crippen LogP) is 0.589. The molecule has 2 aliphatic rings. The zero-order valence-corrected chi connectivity index (χ0v) is 20.9. The summed E-state index contributed by atoms with van der Waals surface area (Å²) in [7, 11) is 0. The summed E-state index contributed by atoms with van der Waals surface area (Å²) in [4.78, 5) is 63.7. The molecule has 3 N–H and O–H groups in total. The second-order valence-corrected chi connectivity index (χ2v) is 9.83. The molecule has 2 aliphatic heterocycles. The van der Waals surface area contributed by atoms with Crippen LogP contribution >= 0.6 is 11.8 Å². The Morgan fingerprint density at radius 2 is 1.92 bits per heavy atom. The van der Waals surface area contributed by atoms with Crippen molar-refractivity contribution in [3.05, 3.63) is 48.0 Å². The second-order valence-electron chi connectivity index (χ2n) is 8.59. The van der Waals surface area contributed by atoms with Crippen LogP contribution in [0.4, 0.5) is 0 Å². The van der Waals surface area contributed by atoms with Crippen LogP contribution < -0.4 is 11.1 Å². The Balaban J connectivity index is 1.46. The van der Waals surface area contributed by atoms with Gasteiger partial charge in [0, 0.05) is 18.9 Å². The highest BCUT2D eigenvalue weighted by atomic mass is 32.2. The van der Waals surface area contributed by atoms with Crippen molar-refractivity contribution in [1.29, 1.82) is 0 Å². The van der Waals surface area contributed by atoms with Gasteiger partial charge < -0.3 is 30.2 Å². The first-order chi connectivity index (χ1) is 17.7. The van der Waals surface area contributed by atoms with Crippen LogP contribution in [0.1, 0.15) is 23.7 Å². The van der Waals surface area contributed by atoms with E-state index in [9.17, 15) is 24.0 Å². The SMILES string of the molecule is CCOC1OC(=O)CC1NC(=O)CN1CC(C(N)=O)SCC(OC(=O)c2ccc3ccccc3c2)C1=O. The van der Waals surface area contributed by atoms with Crippen LogP contribution in [-0.2, 0) is 33.4 Å². The Morgan fingerprint density at radius 1 is 1.16 bits per heavy atom. The third-order valence-corrected chi connectivity index (χ3v) is 7.23. The third kappa shape index (κ3) is 6.38. The lowest BCUT2D eigenvalue weighted by atomic mass is 10.1. The van der Waals surface area contributed by atoms with Gasteiger partial charge in [0.05, 0.1) is 18.5 Å². The van der Waals surface area contributed by atoms with E-state index in [4.69, 9.17) is 19.9 Å². The number of carbonyl (C=O) groups excluding carboxylic acids is 5. The van der Waals surface area contributed by atoms with Crippen molar-refractivity contribution in [2.75, 3.05) is 25.4 Å². The zero-order valence-electron chi connectivity index (χ0n) is 20.1. The van der Waals surface area contributed by atoms with Gasteiger partial charge in [0.2, 0.25) is 18.1 Å². The van der Waals surface area contributed by atoms with Crippen LogP contribution in [0.3, 0.4) is 0 Å². The van der Waals surface area contributed by atoms with Gasteiger partial charge in [-0.1, -0.05) is 30.3 Å². The molecule has 0 aliphatic carbocycles. The minimum atomic E-state index is -1.23. The van der Waals surface area contributed by atoms with E-state index in [1.807, 2.05) is 24.3 Å². The Bertz CT molecular complexity index is 1220. The number of nitrogens with zero attached hydrogens (tertiary/aromatic N) is 1. The standard InChI is InChI=1S/C25H27N3O8S/c1-2-34-25-17(10-21(30)36-25)27-20(29)12-28-11-19(22(26)31)37-13-18(23(28)32)35-24(33)16-8-7-14-5-3-4-6-15(14)9-16/h3-9,17-19,25H,2,10-13H2,1H3,(H2,26,31)(H,27,29). The smallest absolute Gasteiger partial charge is 0.338 e. The van der Waals surface area contributed by atoms with Crippen molar-refractivity contribution in [3.8, 4) is 0 Å². The maximum absolute atomic E-state index is 13.3. The van der Waals surface area contributed by atoms with E-state index in [-0.39, 0.29) is 30.9 Å². The van der Waals surface area contributed by atoms with Crippen LogP contribution in [0, 0.1) is 0 Å². The van der Waals surface area contributed by atoms with Crippen LogP contribution in [0.2, 0.25) is 0 Å². The van der Waals surface area contributed by atoms with Crippen molar-refractivity contribution in [2.45, 2.75) is 37.0 Å². The van der Waals surface area contributed by atoms with Crippen molar-refractivity contribution in [2.24, 2.45) is 5.73 Å². The summed E-state index contributed by atoms with van der Waals surface area (Å²) in [5.74, 6) is -3.08. The van der Waals surface area contributed by atoms with Gasteiger partial charge in [-0.05, 0) is 29.8 Å². The van der Waals surface area contributed by atoms with Crippen LogP contribution in [0.15, 0.2) is 42.5 Å². The minimum Gasteiger partial charge on any atom is -0.448 e. The molecule has 37 heavy (non-hydrogen) atoms. The van der Waals surface area contributed by atoms with Gasteiger partial charge in [-0.15, -0.1) is 11.8 Å². The lowest BCUT2D eigenvalue weighted by molar-refractivity contribution is -0.164. The quantitative estimate of drug-likeness (QED) is 0.468. The number of hydrogen-bond donors (Lipinski definition) is 2. The van der Waals surface area contributed by atoms with Gasteiger partial charge in [0.25, 0.3) is 5.91 Å². The Labute approximate surface area is 216 Å². The Kier molecular flexibility index (Phi) is 8.29. The minimum absolute atomic E-state index is 0.00125. The number of cyclic esters (lactones) is 1. The molecule has 4 atom stereocenters. The maximum Gasteiger partial charge on any atom is 0.338 e. The molecule has 0 aromatic heterocycles. The summed E-state index contributed by atoms with van der Waals surface area (Å²) in [6, 6.07) is 11.8. The molecule has 4 rings (SSSR count). The van der Waals surface area contributed by atoms with Crippen molar-refractivity contribution < 1.29 is 38.2 Å². The van der Waals surface area contributed by atoms with Gasteiger partial charge in [-0.3, -0.25) is 19.2 Å². The van der Waals surface area contributed by atoms with Gasteiger partial charge >= 0.3 is 11.9 Å². The molecular weight excluding hydrogens is 502 g/mol. The largest absolute Gasteiger partial charge is 0.448 e. The number of amides is 3. The molecule has 2 saturated heterocycles. The number of esters is 2. The molecule has 196 valence electrons. The average molecular weight is 530 g/mol. The zero-order chi connectivity index (χ0) is 26.5. The van der Waals surface area contributed by atoms with Crippen molar-refractivity contribution in [1.82, 2.24) is 10.2 Å². The molecular formula is C25H27N3O8S. The number of fused-ring (bicyclic) bond motifs is 1. The summed E-state index contributed by atoms with van der Waals surface area (Å²) in [5.41, 5.74) is 5.76. The Morgan fingerprint density at radius 3 is 2.65 bits per heavy atom. The first kappa shape index (κ1) is 26.4. The number of hydrogen-bond acceptors (Lipinski definition) is 9.